The maximum absolute atomic E-state index is 13.0. The third-order valence-corrected chi connectivity index (χ3v) is 4.27. The van der Waals surface area contributed by atoms with Gasteiger partial charge in [0.15, 0.2) is 5.78 Å². The second-order valence-corrected chi connectivity index (χ2v) is 6.33. The van der Waals surface area contributed by atoms with Crippen LogP contribution in [0.15, 0.2) is 18.2 Å². The average Bonchev–Trinajstić information content (AvgIpc) is 2.37. The quantitative estimate of drug-likeness (QED) is 0.757. The fourth-order valence-electron chi connectivity index (χ4n) is 3.55. The number of Topliss-reactive ketones (excluding diaryl/α,β-unsaturated/α-hetero) is 1. The Morgan fingerprint density at radius 2 is 1.95 bits per heavy atom. The van der Waals surface area contributed by atoms with Crippen molar-refractivity contribution in [2.45, 2.75) is 59.0 Å². The molecule has 2 rings (SSSR count). The van der Waals surface area contributed by atoms with Crippen molar-refractivity contribution in [1.29, 1.82) is 0 Å². The van der Waals surface area contributed by atoms with Gasteiger partial charge in [-0.15, -0.1) is 0 Å². The summed E-state index contributed by atoms with van der Waals surface area (Å²) in [6.07, 6.45) is 4.00. The van der Waals surface area contributed by atoms with Gasteiger partial charge in [0.25, 0.3) is 0 Å². The van der Waals surface area contributed by atoms with Crippen molar-refractivity contribution >= 4 is 5.78 Å². The minimum atomic E-state index is -0.591. The maximum Gasteiger partial charge on any atom is 0.194 e. The van der Waals surface area contributed by atoms with Crippen LogP contribution in [0, 0.1) is 19.8 Å². The predicted molar refractivity (Wildman–Crippen MR) is 82.2 cm³/mol. The zero-order valence-electron chi connectivity index (χ0n) is 13.2. The zero-order valence-corrected chi connectivity index (χ0v) is 13.2. The van der Waals surface area contributed by atoms with Crippen LogP contribution in [0.1, 0.15) is 61.0 Å². The van der Waals surface area contributed by atoms with E-state index in [9.17, 15) is 4.79 Å². The Hall–Kier alpha value is -1.15. The number of hydrogen-bond donors (Lipinski definition) is 0. The summed E-state index contributed by atoms with van der Waals surface area (Å²) in [6.45, 7) is 8.89. The molecule has 20 heavy (non-hydrogen) atoms. The summed E-state index contributed by atoms with van der Waals surface area (Å²) in [5, 5.41) is 0. The largest absolute Gasteiger partial charge is 0.367 e. The standard InChI is InChI=1S/C18H26O2/c1-5-20-18(8-6-7-13(2)12-18)17(19)16-10-14(3)9-15(4)11-16/h9-11,13H,5-8,12H2,1-4H3. The summed E-state index contributed by atoms with van der Waals surface area (Å²) in [4.78, 5) is 13.0. The molecule has 1 aromatic rings. The third kappa shape index (κ3) is 3.12. The fourth-order valence-corrected chi connectivity index (χ4v) is 3.55. The van der Waals surface area contributed by atoms with E-state index in [2.05, 4.69) is 13.0 Å². The summed E-state index contributed by atoms with van der Waals surface area (Å²) in [7, 11) is 0. The molecule has 2 atom stereocenters. The molecule has 0 amide bonds. The molecule has 0 aromatic heterocycles. The number of aryl methyl sites for hydroxylation is 2. The van der Waals surface area contributed by atoms with Gasteiger partial charge in [-0.3, -0.25) is 4.79 Å². The van der Waals surface area contributed by atoms with Crippen molar-refractivity contribution < 1.29 is 9.53 Å². The first-order valence-corrected chi connectivity index (χ1v) is 7.74. The number of carbonyl (C=O) groups is 1. The topological polar surface area (TPSA) is 26.3 Å². The van der Waals surface area contributed by atoms with Crippen LogP contribution in [0.2, 0.25) is 0 Å². The van der Waals surface area contributed by atoms with Crippen LogP contribution in [0.4, 0.5) is 0 Å². The molecule has 0 saturated heterocycles. The highest BCUT2D eigenvalue weighted by molar-refractivity contribution is 6.02. The number of hydrogen-bond acceptors (Lipinski definition) is 2. The Labute approximate surface area is 122 Å². The lowest BCUT2D eigenvalue weighted by atomic mass is 9.74. The van der Waals surface area contributed by atoms with Crippen molar-refractivity contribution in [3.05, 3.63) is 34.9 Å². The molecular formula is C18H26O2. The molecule has 1 aliphatic rings. The first-order valence-electron chi connectivity index (χ1n) is 7.74. The number of carbonyl (C=O) groups excluding carboxylic acids is 1. The smallest absolute Gasteiger partial charge is 0.194 e. The van der Waals surface area contributed by atoms with Gasteiger partial charge < -0.3 is 4.74 Å². The van der Waals surface area contributed by atoms with E-state index in [1.54, 1.807) is 0 Å². The molecule has 1 saturated carbocycles. The third-order valence-electron chi connectivity index (χ3n) is 4.27. The lowest BCUT2D eigenvalue weighted by molar-refractivity contribution is -0.0511. The van der Waals surface area contributed by atoms with Crippen molar-refractivity contribution in [2.75, 3.05) is 6.61 Å². The fraction of sp³-hybridized carbons (Fsp3) is 0.611. The Balaban J connectivity index is 2.35. The molecular weight excluding hydrogens is 248 g/mol. The monoisotopic (exact) mass is 274 g/mol. The SMILES string of the molecule is CCOC1(C(=O)c2cc(C)cc(C)c2)CCCC(C)C1. The second kappa shape index (κ2) is 6.09. The number of benzene rings is 1. The van der Waals surface area contributed by atoms with E-state index < -0.39 is 5.60 Å². The molecule has 1 aliphatic carbocycles. The lowest BCUT2D eigenvalue weighted by Crippen LogP contribution is -2.45. The summed E-state index contributed by atoms with van der Waals surface area (Å²) in [5.41, 5.74) is 2.50. The molecule has 0 aliphatic heterocycles. The summed E-state index contributed by atoms with van der Waals surface area (Å²) >= 11 is 0. The molecule has 2 heteroatoms. The molecule has 0 radical (unpaired) electrons. The normalized spacial score (nSPS) is 26.5. The van der Waals surface area contributed by atoms with Gasteiger partial charge in [0.1, 0.15) is 5.60 Å². The molecule has 0 N–H and O–H groups in total. The first-order chi connectivity index (χ1) is 9.47. The van der Waals surface area contributed by atoms with Crippen molar-refractivity contribution in [3.8, 4) is 0 Å². The first kappa shape index (κ1) is 15.2. The number of ether oxygens (including phenoxy) is 1. The zero-order chi connectivity index (χ0) is 14.8. The van der Waals surface area contributed by atoms with Gasteiger partial charge in [-0.1, -0.05) is 30.5 Å². The summed E-state index contributed by atoms with van der Waals surface area (Å²) in [5.74, 6) is 0.739. The van der Waals surface area contributed by atoms with Gasteiger partial charge in [-0.2, -0.15) is 0 Å². The van der Waals surface area contributed by atoms with Crippen molar-refractivity contribution in [2.24, 2.45) is 5.92 Å². The van der Waals surface area contributed by atoms with Gasteiger partial charge in [-0.25, -0.2) is 0 Å². The Morgan fingerprint density at radius 3 is 2.50 bits per heavy atom. The van der Waals surface area contributed by atoms with Crippen molar-refractivity contribution in [3.63, 3.8) is 0 Å². The van der Waals surface area contributed by atoms with E-state index in [-0.39, 0.29) is 5.78 Å². The van der Waals surface area contributed by atoms with E-state index in [1.807, 2.05) is 32.9 Å². The molecule has 2 nitrogen and oxygen atoms in total. The highest BCUT2D eigenvalue weighted by Gasteiger charge is 2.42. The Bertz CT molecular complexity index is 468. The van der Waals surface area contributed by atoms with Gasteiger partial charge in [0, 0.05) is 12.2 Å². The van der Waals surface area contributed by atoms with Gasteiger partial charge in [-0.05, 0) is 58.1 Å². The Morgan fingerprint density at radius 1 is 1.30 bits per heavy atom. The minimum absolute atomic E-state index is 0.178. The van der Waals surface area contributed by atoms with Crippen LogP contribution in [-0.2, 0) is 4.74 Å². The van der Waals surface area contributed by atoms with Crippen LogP contribution in [0.5, 0.6) is 0 Å². The van der Waals surface area contributed by atoms with Gasteiger partial charge in [0.2, 0.25) is 0 Å². The maximum atomic E-state index is 13.0. The highest BCUT2D eigenvalue weighted by Crippen LogP contribution is 2.38. The van der Waals surface area contributed by atoms with Gasteiger partial charge >= 0.3 is 0 Å². The minimum Gasteiger partial charge on any atom is -0.367 e. The van der Waals surface area contributed by atoms with E-state index in [4.69, 9.17) is 4.74 Å². The van der Waals surface area contributed by atoms with Gasteiger partial charge in [0.05, 0.1) is 0 Å². The van der Waals surface area contributed by atoms with Crippen LogP contribution < -0.4 is 0 Å². The van der Waals surface area contributed by atoms with E-state index in [0.29, 0.717) is 12.5 Å². The summed E-state index contributed by atoms with van der Waals surface area (Å²) < 4.78 is 5.99. The molecule has 110 valence electrons. The molecule has 0 heterocycles. The summed E-state index contributed by atoms with van der Waals surface area (Å²) in [6, 6.07) is 6.10. The van der Waals surface area contributed by atoms with E-state index in [0.717, 1.165) is 36.0 Å². The predicted octanol–water partition coefficient (Wildman–Crippen LogP) is 4.47. The Kier molecular flexibility index (Phi) is 4.64. The van der Waals surface area contributed by atoms with Crippen LogP contribution in [0.25, 0.3) is 0 Å². The van der Waals surface area contributed by atoms with Crippen molar-refractivity contribution in [1.82, 2.24) is 0 Å². The highest BCUT2D eigenvalue weighted by atomic mass is 16.5. The lowest BCUT2D eigenvalue weighted by Gasteiger charge is -2.38. The average molecular weight is 274 g/mol. The molecule has 2 unspecified atom stereocenters. The molecule has 1 aromatic carbocycles. The van der Waals surface area contributed by atoms with E-state index in [1.165, 1.54) is 6.42 Å². The van der Waals surface area contributed by atoms with Crippen LogP contribution in [-0.4, -0.2) is 18.0 Å². The molecule has 0 bridgehead atoms. The molecule has 0 spiro atoms. The second-order valence-electron chi connectivity index (χ2n) is 6.33. The molecule has 1 fully saturated rings. The number of ketones is 1. The van der Waals surface area contributed by atoms with E-state index >= 15 is 0 Å². The van der Waals surface area contributed by atoms with Crippen LogP contribution in [0.3, 0.4) is 0 Å². The number of rotatable bonds is 4. The van der Waals surface area contributed by atoms with Crippen LogP contribution >= 0.6 is 0 Å².